The van der Waals surface area contributed by atoms with Crippen molar-refractivity contribution in [2.24, 2.45) is 5.73 Å². The second-order valence-corrected chi connectivity index (χ2v) is 3.74. The number of nitrogens with two attached hydrogens (primary N) is 1. The van der Waals surface area contributed by atoms with Gasteiger partial charge in [-0.15, -0.1) is 0 Å². The highest BCUT2D eigenvalue weighted by Gasteiger charge is 2.01. The molecule has 0 spiro atoms. The number of rotatable bonds is 2. The van der Waals surface area contributed by atoms with Crippen molar-refractivity contribution in [3.63, 3.8) is 0 Å². The SMILES string of the molecule is N/C(=C\c1ccccn1)c1ccccc1Cl. The van der Waals surface area contributed by atoms with E-state index in [9.17, 15) is 0 Å². The molecule has 0 aliphatic carbocycles. The van der Waals surface area contributed by atoms with Crippen molar-refractivity contribution in [3.05, 3.63) is 64.9 Å². The Kier molecular flexibility index (Phi) is 3.22. The summed E-state index contributed by atoms with van der Waals surface area (Å²) in [4.78, 5) is 4.17. The van der Waals surface area contributed by atoms with Gasteiger partial charge in [0.05, 0.1) is 5.69 Å². The van der Waals surface area contributed by atoms with E-state index in [0.29, 0.717) is 10.7 Å². The van der Waals surface area contributed by atoms with Gasteiger partial charge in [0.15, 0.2) is 0 Å². The Bertz CT molecular complexity index is 506. The van der Waals surface area contributed by atoms with Crippen molar-refractivity contribution in [1.82, 2.24) is 4.98 Å². The van der Waals surface area contributed by atoms with E-state index in [1.807, 2.05) is 42.5 Å². The van der Waals surface area contributed by atoms with Crippen molar-refractivity contribution in [1.29, 1.82) is 0 Å². The number of aromatic nitrogens is 1. The van der Waals surface area contributed by atoms with Gasteiger partial charge < -0.3 is 5.73 Å². The number of hydrogen-bond acceptors (Lipinski definition) is 2. The molecule has 0 atom stereocenters. The Morgan fingerprint density at radius 2 is 1.88 bits per heavy atom. The minimum atomic E-state index is 0.615. The summed E-state index contributed by atoms with van der Waals surface area (Å²) in [5.74, 6) is 0. The normalized spacial score (nSPS) is 11.4. The van der Waals surface area contributed by atoms with Crippen LogP contribution >= 0.6 is 11.6 Å². The molecule has 2 N–H and O–H groups in total. The van der Waals surface area contributed by atoms with Crippen LogP contribution in [0, 0.1) is 0 Å². The third kappa shape index (κ3) is 2.41. The van der Waals surface area contributed by atoms with Crippen molar-refractivity contribution in [2.75, 3.05) is 0 Å². The summed E-state index contributed by atoms with van der Waals surface area (Å²) in [5.41, 5.74) is 8.23. The van der Waals surface area contributed by atoms with Crippen LogP contribution in [0.25, 0.3) is 11.8 Å². The van der Waals surface area contributed by atoms with Crippen LogP contribution in [0.4, 0.5) is 0 Å². The van der Waals surface area contributed by atoms with E-state index in [1.54, 1.807) is 12.3 Å². The molecule has 16 heavy (non-hydrogen) atoms. The van der Waals surface area contributed by atoms with E-state index in [0.717, 1.165) is 11.3 Å². The first-order valence-corrected chi connectivity index (χ1v) is 5.28. The molecule has 1 aromatic carbocycles. The fourth-order valence-corrected chi connectivity index (χ4v) is 1.64. The summed E-state index contributed by atoms with van der Waals surface area (Å²) < 4.78 is 0. The summed E-state index contributed by atoms with van der Waals surface area (Å²) in [5, 5.41) is 0.646. The van der Waals surface area contributed by atoms with Crippen molar-refractivity contribution in [2.45, 2.75) is 0 Å². The van der Waals surface area contributed by atoms with E-state index in [1.165, 1.54) is 0 Å². The molecule has 1 heterocycles. The van der Waals surface area contributed by atoms with Crippen LogP contribution in [0.1, 0.15) is 11.3 Å². The van der Waals surface area contributed by atoms with Gasteiger partial charge in [-0.1, -0.05) is 35.9 Å². The molecular weight excluding hydrogens is 220 g/mol. The molecule has 0 bridgehead atoms. The second-order valence-electron chi connectivity index (χ2n) is 3.33. The molecule has 0 amide bonds. The Labute approximate surface area is 99.4 Å². The third-order valence-corrected chi connectivity index (χ3v) is 2.51. The molecule has 0 fully saturated rings. The van der Waals surface area contributed by atoms with E-state index < -0.39 is 0 Å². The summed E-state index contributed by atoms with van der Waals surface area (Å²) in [6.07, 6.45) is 3.53. The van der Waals surface area contributed by atoms with Crippen LogP contribution < -0.4 is 5.73 Å². The molecule has 80 valence electrons. The second kappa shape index (κ2) is 4.81. The van der Waals surface area contributed by atoms with Crippen LogP contribution in [0.5, 0.6) is 0 Å². The molecule has 0 saturated carbocycles. The highest BCUT2D eigenvalue weighted by Crippen LogP contribution is 2.21. The smallest absolute Gasteiger partial charge is 0.0650 e. The molecule has 0 saturated heterocycles. The van der Waals surface area contributed by atoms with Gasteiger partial charge >= 0.3 is 0 Å². The number of benzene rings is 1. The first-order valence-electron chi connectivity index (χ1n) is 4.90. The van der Waals surface area contributed by atoms with Crippen LogP contribution in [0.15, 0.2) is 48.7 Å². The maximum atomic E-state index is 6.04. The van der Waals surface area contributed by atoms with Gasteiger partial charge in [-0.3, -0.25) is 4.98 Å². The Balaban J connectivity index is 2.36. The number of nitrogens with zero attached hydrogens (tertiary/aromatic N) is 1. The Morgan fingerprint density at radius 3 is 2.56 bits per heavy atom. The van der Waals surface area contributed by atoms with Crippen molar-refractivity contribution in [3.8, 4) is 0 Å². The first-order chi connectivity index (χ1) is 7.77. The predicted molar refractivity (Wildman–Crippen MR) is 67.7 cm³/mol. The average Bonchev–Trinajstić information content (AvgIpc) is 2.31. The zero-order chi connectivity index (χ0) is 11.4. The minimum absolute atomic E-state index is 0.615. The molecule has 3 heteroatoms. The number of halogens is 1. The molecule has 2 aromatic rings. The molecule has 1 aromatic heterocycles. The molecule has 2 nitrogen and oxygen atoms in total. The van der Waals surface area contributed by atoms with Crippen LogP contribution in [-0.4, -0.2) is 4.98 Å². The third-order valence-electron chi connectivity index (χ3n) is 2.18. The van der Waals surface area contributed by atoms with E-state index in [2.05, 4.69) is 4.98 Å². The van der Waals surface area contributed by atoms with Crippen LogP contribution in [-0.2, 0) is 0 Å². The Hall–Kier alpha value is -1.80. The van der Waals surface area contributed by atoms with Crippen LogP contribution in [0.2, 0.25) is 5.02 Å². The lowest BCUT2D eigenvalue weighted by Crippen LogP contribution is -1.97. The topological polar surface area (TPSA) is 38.9 Å². The number of pyridine rings is 1. The maximum absolute atomic E-state index is 6.04. The first kappa shape index (κ1) is 10.7. The molecule has 0 aliphatic rings. The lowest BCUT2D eigenvalue weighted by molar-refractivity contribution is 1.29. The average molecular weight is 231 g/mol. The van der Waals surface area contributed by atoms with Gasteiger partial charge in [0, 0.05) is 22.5 Å². The van der Waals surface area contributed by atoms with Crippen LogP contribution in [0.3, 0.4) is 0 Å². The highest BCUT2D eigenvalue weighted by molar-refractivity contribution is 6.32. The Morgan fingerprint density at radius 1 is 1.12 bits per heavy atom. The zero-order valence-corrected chi connectivity index (χ0v) is 9.35. The van der Waals surface area contributed by atoms with E-state index >= 15 is 0 Å². The lowest BCUT2D eigenvalue weighted by Gasteiger charge is -2.03. The van der Waals surface area contributed by atoms with Crippen molar-refractivity contribution >= 4 is 23.4 Å². The molecule has 2 rings (SSSR count). The monoisotopic (exact) mass is 230 g/mol. The summed E-state index contributed by atoms with van der Waals surface area (Å²) in [6, 6.07) is 13.2. The zero-order valence-electron chi connectivity index (χ0n) is 8.60. The van der Waals surface area contributed by atoms with Gasteiger partial charge in [-0.2, -0.15) is 0 Å². The highest BCUT2D eigenvalue weighted by atomic mass is 35.5. The maximum Gasteiger partial charge on any atom is 0.0650 e. The van der Waals surface area contributed by atoms with E-state index in [4.69, 9.17) is 17.3 Å². The van der Waals surface area contributed by atoms with E-state index in [-0.39, 0.29) is 0 Å². The van der Waals surface area contributed by atoms with Gasteiger partial charge in [-0.05, 0) is 24.3 Å². The molecular formula is C13H11ClN2. The van der Waals surface area contributed by atoms with Gasteiger partial charge in [0.2, 0.25) is 0 Å². The molecule has 0 unspecified atom stereocenters. The standard InChI is InChI=1S/C13H11ClN2/c14-12-7-2-1-6-11(12)13(15)9-10-5-3-4-8-16-10/h1-9H,15H2/b13-9-. The summed E-state index contributed by atoms with van der Waals surface area (Å²) in [7, 11) is 0. The molecule has 0 radical (unpaired) electrons. The van der Waals surface area contributed by atoms with Crippen molar-refractivity contribution < 1.29 is 0 Å². The lowest BCUT2D eigenvalue weighted by atomic mass is 10.1. The predicted octanol–water partition coefficient (Wildman–Crippen LogP) is 3.19. The van der Waals surface area contributed by atoms with Gasteiger partial charge in [-0.25, -0.2) is 0 Å². The fraction of sp³-hybridized carbons (Fsp3) is 0. The van der Waals surface area contributed by atoms with Gasteiger partial charge in [0.1, 0.15) is 0 Å². The minimum Gasteiger partial charge on any atom is -0.398 e. The number of hydrogen-bond donors (Lipinski definition) is 1. The van der Waals surface area contributed by atoms with Gasteiger partial charge in [0.25, 0.3) is 0 Å². The quantitative estimate of drug-likeness (QED) is 0.861. The molecule has 0 aliphatic heterocycles. The summed E-state index contributed by atoms with van der Waals surface area (Å²) >= 11 is 6.04. The fourth-order valence-electron chi connectivity index (χ4n) is 1.39. The largest absolute Gasteiger partial charge is 0.398 e. The summed E-state index contributed by atoms with van der Waals surface area (Å²) in [6.45, 7) is 0.